The van der Waals surface area contributed by atoms with E-state index >= 15 is 0 Å². The zero-order valence-electron chi connectivity index (χ0n) is 19.2. The quantitative estimate of drug-likeness (QED) is 0.500. The van der Waals surface area contributed by atoms with E-state index in [1.807, 2.05) is 18.2 Å². The molecular weight excluding hydrogens is 432 g/mol. The summed E-state index contributed by atoms with van der Waals surface area (Å²) in [5.41, 5.74) is 3.98. The topological polar surface area (TPSA) is 56.1 Å². The highest BCUT2D eigenvalue weighted by Crippen LogP contribution is 2.40. The van der Waals surface area contributed by atoms with Crippen molar-refractivity contribution in [2.24, 2.45) is 0 Å². The Morgan fingerprint density at radius 2 is 1.74 bits per heavy atom. The van der Waals surface area contributed by atoms with Crippen molar-refractivity contribution in [1.82, 2.24) is 4.90 Å². The number of hydrogen-bond donors (Lipinski definition) is 1. The summed E-state index contributed by atoms with van der Waals surface area (Å²) in [5.74, 6) is -2.13. The van der Waals surface area contributed by atoms with Crippen LogP contribution in [0, 0.1) is 23.0 Å². The summed E-state index contributed by atoms with van der Waals surface area (Å²) < 4.78 is 26.6. The number of nitriles is 1. The van der Waals surface area contributed by atoms with E-state index in [2.05, 4.69) is 47.6 Å². The molecule has 1 aliphatic rings. The molecule has 0 saturated carbocycles. The molecule has 0 spiro atoms. The maximum atomic E-state index is 13.5. The minimum atomic E-state index is -0.981. The molecule has 0 atom stereocenters. The number of nitrogens with zero attached hydrogens (tertiary/aromatic N) is 2. The molecule has 0 unspecified atom stereocenters. The maximum Gasteiger partial charge on any atom is 0.224 e. The molecule has 0 aliphatic carbocycles. The van der Waals surface area contributed by atoms with E-state index in [9.17, 15) is 18.8 Å². The highest BCUT2D eigenvalue weighted by Gasteiger charge is 2.35. The number of hydrogen-bond acceptors (Lipinski definition) is 3. The summed E-state index contributed by atoms with van der Waals surface area (Å²) in [6.07, 6.45) is 2.82. The van der Waals surface area contributed by atoms with E-state index in [1.165, 1.54) is 11.6 Å². The van der Waals surface area contributed by atoms with Crippen molar-refractivity contribution in [2.75, 3.05) is 25.5 Å². The number of likely N-dealkylation sites (tertiary alicyclic amines) is 1. The van der Waals surface area contributed by atoms with Crippen LogP contribution in [-0.2, 0) is 10.2 Å². The number of nitrogens with one attached hydrogen (secondary N) is 1. The van der Waals surface area contributed by atoms with Crippen LogP contribution in [0.3, 0.4) is 0 Å². The molecule has 1 aliphatic heterocycles. The van der Waals surface area contributed by atoms with Crippen molar-refractivity contribution < 1.29 is 13.6 Å². The van der Waals surface area contributed by atoms with Gasteiger partial charge in [-0.3, -0.25) is 4.79 Å². The molecule has 1 N–H and O–H groups in total. The molecule has 1 fully saturated rings. The largest absolute Gasteiger partial charge is 0.326 e. The van der Waals surface area contributed by atoms with Crippen LogP contribution in [0.15, 0.2) is 66.7 Å². The fraction of sp³-hybridized carbons (Fsp3) is 0.286. The van der Waals surface area contributed by atoms with Gasteiger partial charge in [0.2, 0.25) is 5.91 Å². The van der Waals surface area contributed by atoms with Crippen LogP contribution in [0.25, 0.3) is 11.1 Å². The van der Waals surface area contributed by atoms with Gasteiger partial charge in [0, 0.05) is 18.2 Å². The first kappa shape index (κ1) is 23.6. The Hall–Kier alpha value is -3.56. The van der Waals surface area contributed by atoms with E-state index in [-0.39, 0.29) is 23.4 Å². The lowest BCUT2D eigenvalue weighted by Crippen LogP contribution is -2.41. The van der Waals surface area contributed by atoms with Crippen molar-refractivity contribution in [3.63, 3.8) is 0 Å². The lowest BCUT2D eigenvalue weighted by atomic mass is 9.69. The first-order valence-electron chi connectivity index (χ1n) is 11.4. The Bertz CT molecular complexity index is 1210. The monoisotopic (exact) mass is 459 g/mol. The van der Waals surface area contributed by atoms with Gasteiger partial charge in [-0.15, -0.1) is 0 Å². The number of carbonyl (C=O) groups excluding carboxylic acids is 1. The second kappa shape index (κ2) is 10.1. The standard InChI is InChI=1S/C28H27F2N3O/c1-33-15-13-28(14-16-33,12-11-27(34)32-24-9-10-25(29)26(30)18-24)23-7-5-21(6-8-23)22-4-2-3-20(17-22)19-31/h2-10,17-18H,11-16H2,1H3,(H,32,34). The number of halogens is 2. The van der Waals surface area contributed by atoms with Crippen LogP contribution >= 0.6 is 0 Å². The number of benzene rings is 3. The molecule has 174 valence electrons. The van der Waals surface area contributed by atoms with Gasteiger partial charge >= 0.3 is 0 Å². The van der Waals surface area contributed by atoms with E-state index in [0.29, 0.717) is 12.0 Å². The van der Waals surface area contributed by atoms with Gasteiger partial charge in [-0.25, -0.2) is 8.78 Å². The number of amides is 1. The molecule has 1 saturated heterocycles. The fourth-order valence-electron chi connectivity index (χ4n) is 4.66. The molecule has 0 aromatic heterocycles. The third-order valence-corrected chi connectivity index (χ3v) is 6.80. The van der Waals surface area contributed by atoms with Crippen molar-refractivity contribution in [1.29, 1.82) is 5.26 Å². The number of piperidine rings is 1. The van der Waals surface area contributed by atoms with E-state index in [1.54, 1.807) is 6.07 Å². The SMILES string of the molecule is CN1CCC(CCC(=O)Nc2ccc(F)c(F)c2)(c2ccc(-c3cccc(C#N)c3)cc2)CC1. The first-order valence-corrected chi connectivity index (χ1v) is 11.4. The summed E-state index contributed by atoms with van der Waals surface area (Å²) in [6.45, 7) is 1.88. The van der Waals surface area contributed by atoms with Gasteiger partial charge in [-0.1, -0.05) is 36.4 Å². The molecule has 1 amide bonds. The van der Waals surface area contributed by atoms with Gasteiger partial charge in [0.05, 0.1) is 11.6 Å². The van der Waals surface area contributed by atoms with E-state index < -0.39 is 11.6 Å². The molecule has 0 radical (unpaired) electrons. The fourth-order valence-corrected chi connectivity index (χ4v) is 4.66. The maximum absolute atomic E-state index is 13.5. The molecule has 0 bridgehead atoms. The summed E-state index contributed by atoms with van der Waals surface area (Å²) in [4.78, 5) is 14.9. The lowest BCUT2D eigenvalue weighted by Gasteiger charge is -2.41. The van der Waals surface area contributed by atoms with Gasteiger partial charge in [0.15, 0.2) is 11.6 Å². The molecular formula is C28H27F2N3O. The Morgan fingerprint density at radius 3 is 2.41 bits per heavy atom. The minimum absolute atomic E-state index is 0.134. The Balaban J connectivity index is 1.51. The average molecular weight is 460 g/mol. The zero-order chi connectivity index (χ0) is 24.1. The van der Waals surface area contributed by atoms with Crippen LogP contribution in [-0.4, -0.2) is 30.9 Å². The van der Waals surface area contributed by atoms with Crippen molar-refractivity contribution in [2.45, 2.75) is 31.1 Å². The Morgan fingerprint density at radius 1 is 1.00 bits per heavy atom. The first-order chi connectivity index (χ1) is 16.4. The van der Waals surface area contributed by atoms with E-state index in [4.69, 9.17) is 0 Å². The molecule has 6 heteroatoms. The molecule has 4 nitrogen and oxygen atoms in total. The molecule has 3 aromatic carbocycles. The summed E-state index contributed by atoms with van der Waals surface area (Å²) >= 11 is 0. The summed E-state index contributed by atoms with van der Waals surface area (Å²) in [6, 6.07) is 21.5. The highest BCUT2D eigenvalue weighted by molar-refractivity contribution is 5.90. The molecule has 1 heterocycles. The van der Waals surface area contributed by atoms with Gasteiger partial charge in [-0.05, 0) is 85.8 Å². The third-order valence-electron chi connectivity index (χ3n) is 6.80. The predicted octanol–water partition coefficient (Wildman–Crippen LogP) is 5.89. The Labute approximate surface area is 198 Å². The summed E-state index contributed by atoms with van der Waals surface area (Å²) in [5, 5.41) is 11.9. The highest BCUT2D eigenvalue weighted by atomic mass is 19.2. The van der Waals surface area contributed by atoms with Crippen molar-refractivity contribution >= 4 is 11.6 Å². The van der Waals surface area contributed by atoms with Crippen molar-refractivity contribution in [3.8, 4) is 17.2 Å². The van der Waals surface area contributed by atoms with Crippen molar-refractivity contribution in [3.05, 3.63) is 89.5 Å². The van der Waals surface area contributed by atoms with Gasteiger partial charge in [0.1, 0.15) is 0 Å². The number of rotatable bonds is 6. The van der Waals surface area contributed by atoms with Crippen LogP contribution in [0.5, 0.6) is 0 Å². The van der Waals surface area contributed by atoms with Gasteiger partial charge in [0.25, 0.3) is 0 Å². The van der Waals surface area contributed by atoms with Crippen LogP contribution in [0.2, 0.25) is 0 Å². The predicted molar refractivity (Wildman–Crippen MR) is 129 cm³/mol. The summed E-state index contributed by atoms with van der Waals surface area (Å²) in [7, 11) is 2.10. The van der Waals surface area contributed by atoms with Crippen LogP contribution < -0.4 is 5.32 Å². The minimum Gasteiger partial charge on any atom is -0.326 e. The van der Waals surface area contributed by atoms with Crippen LogP contribution in [0.4, 0.5) is 14.5 Å². The average Bonchev–Trinajstić information content (AvgIpc) is 2.86. The number of carbonyl (C=O) groups is 1. The second-order valence-electron chi connectivity index (χ2n) is 9.03. The zero-order valence-corrected chi connectivity index (χ0v) is 19.2. The third kappa shape index (κ3) is 5.32. The van der Waals surface area contributed by atoms with Gasteiger partial charge < -0.3 is 10.2 Å². The molecule has 4 rings (SSSR count). The molecule has 34 heavy (non-hydrogen) atoms. The lowest BCUT2D eigenvalue weighted by molar-refractivity contribution is -0.116. The second-order valence-corrected chi connectivity index (χ2v) is 9.03. The van der Waals surface area contributed by atoms with E-state index in [0.717, 1.165) is 49.2 Å². The molecule has 3 aromatic rings. The Kier molecular flexibility index (Phi) is 7.04. The van der Waals surface area contributed by atoms with Crippen LogP contribution in [0.1, 0.15) is 36.8 Å². The smallest absolute Gasteiger partial charge is 0.224 e. The normalized spacial score (nSPS) is 15.5. The van der Waals surface area contributed by atoms with Gasteiger partial charge in [-0.2, -0.15) is 5.26 Å². The number of anilines is 1.